The largest absolute Gasteiger partial charge is 0.366 e. The quantitative estimate of drug-likeness (QED) is 0.710. The molecule has 0 saturated heterocycles. The molecule has 2 aromatic rings. The molecule has 0 bridgehead atoms. The first-order valence-corrected chi connectivity index (χ1v) is 5.47. The van der Waals surface area contributed by atoms with E-state index in [1.165, 1.54) is 0 Å². The molecule has 0 unspecified atom stereocenters. The standard InChI is InChI=1S/C12H11N3OS/c16-12(14-9-4-2-1-3-5-9)15-10-8-13-7-6-11(10)17/h1-8H,(H,13,17)(H2,14,15,16). The molecule has 5 heteroatoms. The molecule has 2 amide bonds. The van der Waals surface area contributed by atoms with Gasteiger partial charge in [0.25, 0.3) is 0 Å². The second-order valence-corrected chi connectivity index (χ2v) is 3.81. The van der Waals surface area contributed by atoms with Gasteiger partial charge in [0.05, 0.1) is 10.2 Å². The minimum absolute atomic E-state index is 0.318. The molecule has 1 aromatic heterocycles. The summed E-state index contributed by atoms with van der Waals surface area (Å²) >= 11 is 5.07. The van der Waals surface area contributed by atoms with Crippen LogP contribution >= 0.6 is 12.2 Å². The van der Waals surface area contributed by atoms with Gasteiger partial charge in [0.1, 0.15) is 0 Å². The first-order chi connectivity index (χ1) is 8.25. The summed E-state index contributed by atoms with van der Waals surface area (Å²) in [7, 11) is 0. The maximum atomic E-state index is 11.7. The van der Waals surface area contributed by atoms with Crippen LogP contribution in [0.25, 0.3) is 0 Å². The summed E-state index contributed by atoms with van der Waals surface area (Å²) in [6.07, 6.45) is 3.36. The van der Waals surface area contributed by atoms with Crippen molar-refractivity contribution in [1.82, 2.24) is 4.98 Å². The van der Waals surface area contributed by atoms with Crippen LogP contribution in [0.3, 0.4) is 0 Å². The lowest BCUT2D eigenvalue weighted by molar-refractivity contribution is 0.262. The molecule has 0 atom stereocenters. The summed E-state index contributed by atoms with van der Waals surface area (Å²) in [6, 6.07) is 10.6. The van der Waals surface area contributed by atoms with Crippen molar-refractivity contribution < 1.29 is 4.79 Å². The van der Waals surface area contributed by atoms with E-state index in [2.05, 4.69) is 15.6 Å². The van der Waals surface area contributed by atoms with E-state index in [4.69, 9.17) is 12.2 Å². The van der Waals surface area contributed by atoms with Crippen LogP contribution in [0, 0.1) is 4.51 Å². The Hall–Kier alpha value is -2.14. The molecule has 0 aliphatic rings. The van der Waals surface area contributed by atoms with E-state index in [-0.39, 0.29) is 6.03 Å². The second kappa shape index (κ2) is 5.27. The van der Waals surface area contributed by atoms with Gasteiger partial charge in [-0.2, -0.15) is 0 Å². The highest BCUT2D eigenvalue weighted by Crippen LogP contribution is 2.09. The smallest absolute Gasteiger partial charge is 0.323 e. The van der Waals surface area contributed by atoms with E-state index in [0.29, 0.717) is 10.2 Å². The molecule has 4 nitrogen and oxygen atoms in total. The van der Waals surface area contributed by atoms with Crippen molar-refractivity contribution in [3.63, 3.8) is 0 Å². The number of anilines is 2. The van der Waals surface area contributed by atoms with Crippen LogP contribution in [-0.4, -0.2) is 11.0 Å². The van der Waals surface area contributed by atoms with Crippen LogP contribution in [-0.2, 0) is 0 Å². The fourth-order valence-corrected chi connectivity index (χ4v) is 1.50. The average Bonchev–Trinajstić information content (AvgIpc) is 2.33. The number of hydrogen-bond acceptors (Lipinski definition) is 2. The Bertz CT molecular complexity index is 565. The fourth-order valence-electron chi connectivity index (χ4n) is 1.32. The van der Waals surface area contributed by atoms with Gasteiger partial charge in [0.2, 0.25) is 0 Å². The van der Waals surface area contributed by atoms with Gasteiger partial charge >= 0.3 is 6.03 Å². The topological polar surface area (TPSA) is 56.9 Å². The number of para-hydroxylation sites is 1. The van der Waals surface area contributed by atoms with Crippen molar-refractivity contribution in [2.45, 2.75) is 0 Å². The average molecular weight is 245 g/mol. The number of rotatable bonds is 2. The predicted octanol–water partition coefficient (Wildman–Crippen LogP) is 3.39. The number of hydrogen-bond donors (Lipinski definition) is 3. The number of H-pyrrole nitrogens is 1. The van der Waals surface area contributed by atoms with E-state index in [1.54, 1.807) is 18.5 Å². The Morgan fingerprint density at radius 2 is 1.88 bits per heavy atom. The Kier molecular flexibility index (Phi) is 3.52. The molecule has 0 aliphatic carbocycles. The van der Waals surface area contributed by atoms with E-state index in [9.17, 15) is 4.79 Å². The molecule has 86 valence electrons. The van der Waals surface area contributed by atoms with E-state index >= 15 is 0 Å². The van der Waals surface area contributed by atoms with Crippen molar-refractivity contribution in [2.24, 2.45) is 0 Å². The first kappa shape index (κ1) is 11.3. The molecule has 0 fully saturated rings. The normalized spacial score (nSPS) is 9.65. The van der Waals surface area contributed by atoms with Crippen LogP contribution in [0.2, 0.25) is 0 Å². The molecule has 0 aliphatic heterocycles. The van der Waals surface area contributed by atoms with Gasteiger partial charge in [-0.05, 0) is 18.2 Å². The third-order valence-electron chi connectivity index (χ3n) is 2.10. The number of carbonyl (C=O) groups excluding carboxylic acids is 1. The molecule has 1 aromatic carbocycles. The van der Waals surface area contributed by atoms with Gasteiger partial charge in [-0.3, -0.25) is 0 Å². The van der Waals surface area contributed by atoms with Gasteiger partial charge in [-0.15, -0.1) is 0 Å². The minimum Gasteiger partial charge on any atom is -0.366 e. The molecule has 2 rings (SSSR count). The Labute approximate surface area is 104 Å². The number of pyridine rings is 1. The number of aromatic nitrogens is 1. The summed E-state index contributed by atoms with van der Waals surface area (Å²) in [5.41, 5.74) is 1.31. The fraction of sp³-hybridized carbons (Fsp3) is 0. The maximum absolute atomic E-state index is 11.7. The lowest BCUT2D eigenvalue weighted by Gasteiger charge is -2.07. The van der Waals surface area contributed by atoms with E-state index in [0.717, 1.165) is 5.69 Å². The zero-order valence-electron chi connectivity index (χ0n) is 8.94. The second-order valence-electron chi connectivity index (χ2n) is 3.37. The molecule has 1 heterocycles. The maximum Gasteiger partial charge on any atom is 0.323 e. The Balaban J connectivity index is 2.04. The van der Waals surface area contributed by atoms with Crippen LogP contribution in [0.4, 0.5) is 16.2 Å². The van der Waals surface area contributed by atoms with Gasteiger partial charge in [0, 0.05) is 18.1 Å². The molecular formula is C12H11N3OS. The summed E-state index contributed by atoms with van der Waals surface area (Å²) in [6.45, 7) is 0. The third-order valence-corrected chi connectivity index (χ3v) is 2.46. The number of aromatic amines is 1. The molecule has 17 heavy (non-hydrogen) atoms. The number of benzene rings is 1. The lowest BCUT2D eigenvalue weighted by Crippen LogP contribution is -2.19. The predicted molar refractivity (Wildman–Crippen MR) is 70.7 cm³/mol. The summed E-state index contributed by atoms with van der Waals surface area (Å²) in [5, 5.41) is 5.38. The zero-order chi connectivity index (χ0) is 12.1. The van der Waals surface area contributed by atoms with Crippen molar-refractivity contribution in [3.05, 3.63) is 53.3 Å². The molecule has 0 radical (unpaired) electrons. The highest BCUT2D eigenvalue weighted by Gasteiger charge is 2.02. The van der Waals surface area contributed by atoms with Gasteiger partial charge < -0.3 is 15.6 Å². The highest BCUT2D eigenvalue weighted by molar-refractivity contribution is 7.71. The van der Waals surface area contributed by atoms with Crippen molar-refractivity contribution >= 4 is 29.6 Å². The minimum atomic E-state index is -0.318. The van der Waals surface area contributed by atoms with Gasteiger partial charge in [0.15, 0.2) is 0 Å². The third kappa shape index (κ3) is 3.15. The molecule has 3 N–H and O–H groups in total. The highest BCUT2D eigenvalue weighted by atomic mass is 32.1. The van der Waals surface area contributed by atoms with Crippen LogP contribution in [0.5, 0.6) is 0 Å². The SMILES string of the molecule is O=C(Nc1ccccc1)Nc1c[nH]ccc1=S. The Morgan fingerprint density at radius 1 is 1.12 bits per heavy atom. The van der Waals surface area contributed by atoms with Gasteiger partial charge in [-0.1, -0.05) is 30.4 Å². The van der Waals surface area contributed by atoms with Crippen LogP contribution in [0.1, 0.15) is 0 Å². The number of carbonyl (C=O) groups is 1. The van der Waals surface area contributed by atoms with E-state index < -0.39 is 0 Å². The molecular weight excluding hydrogens is 234 g/mol. The number of nitrogens with one attached hydrogen (secondary N) is 3. The van der Waals surface area contributed by atoms with Crippen LogP contribution < -0.4 is 10.6 Å². The summed E-state index contributed by atoms with van der Waals surface area (Å²) < 4.78 is 0.590. The first-order valence-electron chi connectivity index (χ1n) is 5.06. The Morgan fingerprint density at radius 3 is 2.59 bits per heavy atom. The molecule has 0 saturated carbocycles. The zero-order valence-corrected chi connectivity index (χ0v) is 9.75. The monoisotopic (exact) mass is 245 g/mol. The number of amides is 2. The van der Waals surface area contributed by atoms with E-state index in [1.807, 2.05) is 30.3 Å². The van der Waals surface area contributed by atoms with Crippen molar-refractivity contribution in [2.75, 3.05) is 10.6 Å². The van der Waals surface area contributed by atoms with Crippen LogP contribution in [0.15, 0.2) is 48.8 Å². The summed E-state index contributed by atoms with van der Waals surface area (Å²) in [5.74, 6) is 0. The number of urea groups is 1. The van der Waals surface area contributed by atoms with Gasteiger partial charge in [-0.25, -0.2) is 4.79 Å². The lowest BCUT2D eigenvalue weighted by atomic mass is 10.3. The summed E-state index contributed by atoms with van der Waals surface area (Å²) in [4.78, 5) is 14.5. The molecule has 0 spiro atoms. The van der Waals surface area contributed by atoms with Crippen molar-refractivity contribution in [3.8, 4) is 0 Å². The van der Waals surface area contributed by atoms with Crippen molar-refractivity contribution in [1.29, 1.82) is 0 Å².